The average molecular weight is 541 g/mol. The lowest BCUT2D eigenvalue weighted by Crippen LogP contribution is -2.51. The molecule has 1 atom stereocenters. The van der Waals surface area contributed by atoms with E-state index in [0.717, 1.165) is 5.56 Å². The first-order valence-corrected chi connectivity index (χ1v) is 14.0. The molecule has 38 heavy (non-hydrogen) atoms. The van der Waals surface area contributed by atoms with Crippen LogP contribution >= 0.6 is 0 Å². The topological polar surface area (TPSA) is 122 Å². The second-order valence-electron chi connectivity index (χ2n) is 10.0. The molecule has 10 heteroatoms. The first kappa shape index (κ1) is 28.9. The molecule has 0 aliphatic rings. The number of likely N-dealkylation sites (N-methyl/N-ethyl adjacent to an activating group) is 1. The number of sulfonamides is 1. The second kappa shape index (κ2) is 11.8. The quantitative estimate of drug-likeness (QED) is 0.390. The van der Waals surface area contributed by atoms with Crippen LogP contribution in [0.1, 0.15) is 44.5 Å². The minimum Gasteiger partial charge on any atom is -0.350 e. The van der Waals surface area contributed by atoms with Gasteiger partial charge in [-0.3, -0.25) is 9.59 Å². The Kier molecular flexibility index (Phi) is 8.98. The molecule has 0 aliphatic carbocycles. The largest absolute Gasteiger partial charge is 0.350 e. The maximum Gasteiger partial charge on any atom is 0.264 e. The number of anilines is 1. The predicted molar refractivity (Wildman–Crippen MR) is 147 cm³/mol. The Labute approximate surface area is 224 Å². The Bertz CT molecular complexity index is 1390. The molecule has 3 rings (SSSR count). The maximum absolute atomic E-state index is 13.2. The van der Waals surface area contributed by atoms with Crippen LogP contribution in [-0.4, -0.2) is 43.4 Å². The fourth-order valence-corrected chi connectivity index (χ4v) is 5.47. The van der Waals surface area contributed by atoms with E-state index in [9.17, 15) is 18.0 Å². The molecule has 0 saturated carbocycles. The third kappa shape index (κ3) is 6.42. The molecule has 0 fully saturated rings. The maximum atomic E-state index is 13.2. The van der Waals surface area contributed by atoms with Gasteiger partial charge >= 0.3 is 0 Å². The summed E-state index contributed by atoms with van der Waals surface area (Å²) in [4.78, 5) is 27.0. The summed E-state index contributed by atoms with van der Waals surface area (Å²) in [5.74, 6) is -0.473. The van der Waals surface area contributed by atoms with Crippen LogP contribution in [0, 0.1) is 25.7 Å². The van der Waals surface area contributed by atoms with Crippen molar-refractivity contribution in [2.45, 2.75) is 59.0 Å². The van der Waals surface area contributed by atoms with E-state index >= 15 is 0 Å². The summed E-state index contributed by atoms with van der Waals surface area (Å²) in [6, 6.07) is 13.4. The molecule has 2 amide bonds. The van der Waals surface area contributed by atoms with Crippen LogP contribution in [-0.2, 0) is 26.2 Å². The fourth-order valence-electron chi connectivity index (χ4n) is 4.19. The summed E-state index contributed by atoms with van der Waals surface area (Å²) in [6.45, 7) is 11.2. The highest BCUT2D eigenvalue weighted by atomic mass is 32.2. The molecule has 3 aromatic rings. The van der Waals surface area contributed by atoms with Gasteiger partial charge in [0, 0.05) is 30.6 Å². The number of carbonyl (C=O) groups excluding carboxylic acids is 2. The smallest absolute Gasteiger partial charge is 0.264 e. The highest BCUT2D eigenvalue weighted by Crippen LogP contribution is 2.30. The van der Waals surface area contributed by atoms with Crippen molar-refractivity contribution in [3.05, 3.63) is 65.4 Å². The summed E-state index contributed by atoms with van der Waals surface area (Å²) in [5, 5.41) is 6.74. The summed E-state index contributed by atoms with van der Waals surface area (Å²) in [5.41, 5.74) is 3.30. The molecule has 0 radical (unpaired) electrons. The van der Waals surface area contributed by atoms with Crippen molar-refractivity contribution >= 4 is 27.7 Å². The molecule has 0 aliphatic heterocycles. The van der Waals surface area contributed by atoms with Crippen LogP contribution in [0.25, 0.3) is 11.1 Å². The second-order valence-corrected chi connectivity index (χ2v) is 11.7. The van der Waals surface area contributed by atoms with Crippen molar-refractivity contribution in [3.63, 3.8) is 0 Å². The Morgan fingerprint density at radius 1 is 1.00 bits per heavy atom. The lowest BCUT2D eigenvalue weighted by Gasteiger charge is -2.31. The number of amides is 2. The van der Waals surface area contributed by atoms with Crippen molar-refractivity contribution < 1.29 is 22.5 Å². The van der Waals surface area contributed by atoms with E-state index in [1.54, 1.807) is 39.1 Å². The van der Waals surface area contributed by atoms with Gasteiger partial charge in [-0.05, 0) is 37.0 Å². The van der Waals surface area contributed by atoms with Crippen molar-refractivity contribution in [1.82, 2.24) is 15.4 Å². The predicted octanol–water partition coefficient (Wildman–Crippen LogP) is 4.51. The van der Waals surface area contributed by atoms with E-state index < -0.39 is 16.1 Å². The SMILES string of the molecule is Cc1noc(NS(=O)(=O)c2ccccc2-c2ccc(CNC(=O)[C@H](C(C)C)N(C)C(=O)C(C)C)cc2)c1C. The molecule has 0 saturated heterocycles. The molecule has 0 unspecified atom stereocenters. The summed E-state index contributed by atoms with van der Waals surface area (Å²) in [6.07, 6.45) is 0. The van der Waals surface area contributed by atoms with Crippen LogP contribution in [0.5, 0.6) is 0 Å². The zero-order valence-electron chi connectivity index (χ0n) is 22.9. The van der Waals surface area contributed by atoms with Crippen LogP contribution in [0.2, 0.25) is 0 Å². The Morgan fingerprint density at radius 2 is 1.63 bits per heavy atom. The van der Waals surface area contributed by atoms with Crippen LogP contribution in [0.3, 0.4) is 0 Å². The minimum atomic E-state index is -3.95. The van der Waals surface area contributed by atoms with Crippen molar-refractivity contribution in [2.75, 3.05) is 11.8 Å². The van der Waals surface area contributed by atoms with Gasteiger partial charge in [0.15, 0.2) is 0 Å². The first-order chi connectivity index (χ1) is 17.8. The number of rotatable bonds is 10. The molecule has 1 aromatic heterocycles. The summed E-state index contributed by atoms with van der Waals surface area (Å²) >= 11 is 0. The standard InChI is InChI=1S/C28H36N4O5S/c1-17(2)25(32(7)28(34)18(3)4)26(33)29-16-21-12-14-22(15-13-21)23-10-8-9-11-24(23)38(35,36)31-27-19(5)20(6)30-37-27/h8-15,17-18,25,31H,16H2,1-7H3,(H,29,33)/t25-/m0/s1. The third-order valence-corrected chi connectivity index (χ3v) is 7.84. The number of hydrogen-bond acceptors (Lipinski definition) is 6. The van der Waals surface area contributed by atoms with Gasteiger partial charge < -0.3 is 14.7 Å². The molecule has 9 nitrogen and oxygen atoms in total. The summed E-state index contributed by atoms with van der Waals surface area (Å²) in [7, 11) is -2.29. The Hall–Kier alpha value is -3.66. The number of nitrogens with zero attached hydrogens (tertiary/aromatic N) is 2. The van der Waals surface area contributed by atoms with Gasteiger partial charge in [0.25, 0.3) is 10.0 Å². The van der Waals surface area contributed by atoms with Gasteiger partial charge in [0.05, 0.1) is 10.6 Å². The highest BCUT2D eigenvalue weighted by molar-refractivity contribution is 7.92. The molecule has 2 N–H and O–H groups in total. The van der Waals surface area contributed by atoms with Gasteiger partial charge in [-0.15, -0.1) is 0 Å². The fraction of sp³-hybridized carbons (Fsp3) is 0.393. The van der Waals surface area contributed by atoms with Crippen LogP contribution < -0.4 is 10.0 Å². The van der Waals surface area contributed by atoms with Gasteiger partial charge in [-0.1, -0.05) is 75.3 Å². The number of nitrogens with one attached hydrogen (secondary N) is 2. The number of aromatic nitrogens is 1. The minimum absolute atomic E-state index is 0.0539. The van der Waals surface area contributed by atoms with E-state index in [-0.39, 0.29) is 41.0 Å². The zero-order valence-corrected chi connectivity index (χ0v) is 23.7. The van der Waals surface area contributed by atoms with Crippen LogP contribution in [0.15, 0.2) is 57.9 Å². The van der Waals surface area contributed by atoms with E-state index in [1.165, 1.54) is 11.0 Å². The molecular weight excluding hydrogens is 504 g/mol. The monoisotopic (exact) mass is 540 g/mol. The molecule has 204 valence electrons. The van der Waals surface area contributed by atoms with Crippen LogP contribution in [0.4, 0.5) is 5.88 Å². The van der Waals surface area contributed by atoms with Gasteiger partial charge in [-0.2, -0.15) is 0 Å². The number of aryl methyl sites for hydroxylation is 1. The zero-order chi connectivity index (χ0) is 28.2. The van der Waals surface area contributed by atoms with E-state index in [1.807, 2.05) is 52.0 Å². The number of benzene rings is 2. The van der Waals surface area contributed by atoms with Crippen molar-refractivity contribution in [1.29, 1.82) is 0 Å². The van der Waals surface area contributed by atoms with E-state index in [0.29, 0.717) is 22.4 Å². The molecule has 0 spiro atoms. The van der Waals surface area contributed by atoms with E-state index in [4.69, 9.17) is 4.52 Å². The van der Waals surface area contributed by atoms with Crippen molar-refractivity contribution in [3.8, 4) is 11.1 Å². The van der Waals surface area contributed by atoms with Crippen molar-refractivity contribution in [2.24, 2.45) is 11.8 Å². The number of carbonyl (C=O) groups is 2. The lowest BCUT2D eigenvalue weighted by atomic mass is 10.00. The number of hydrogen-bond donors (Lipinski definition) is 2. The summed E-state index contributed by atoms with van der Waals surface area (Å²) < 4.78 is 34.0. The lowest BCUT2D eigenvalue weighted by molar-refractivity contribution is -0.142. The third-order valence-electron chi connectivity index (χ3n) is 6.45. The molecule has 2 aromatic carbocycles. The van der Waals surface area contributed by atoms with Gasteiger partial charge in [0.2, 0.25) is 17.7 Å². The molecule has 0 bridgehead atoms. The Balaban J connectivity index is 1.76. The first-order valence-electron chi connectivity index (χ1n) is 12.5. The molecular formula is C28H36N4O5S. The van der Waals surface area contributed by atoms with Gasteiger partial charge in [0.1, 0.15) is 6.04 Å². The van der Waals surface area contributed by atoms with E-state index in [2.05, 4.69) is 15.2 Å². The Morgan fingerprint density at radius 3 is 2.18 bits per heavy atom. The normalized spacial score (nSPS) is 12.4. The van der Waals surface area contributed by atoms with Gasteiger partial charge in [-0.25, -0.2) is 13.1 Å². The average Bonchev–Trinajstić information content (AvgIpc) is 3.18. The highest BCUT2D eigenvalue weighted by Gasteiger charge is 2.30. The molecule has 1 heterocycles.